The fourth-order valence-electron chi connectivity index (χ4n) is 2.98. The molecule has 2 aliphatic rings. The lowest BCUT2D eigenvalue weighted by Gasteiger charge is -2.20. The van der Waals surface area contributed by atoms with Gasteiger partial charge in [-0.3, -0.25) is 4.79 Å². The van der Waals surface area contributed by atoms with Crippen molar-refractivity contribution < 1.29 is 17.6 Å². The number of carbonyl (C=O) groups excluding carboxylic acids is 1. The Kier molecular flexibility index (Phi) is 4.01. The third-order valence-corrected chi connectivity index (χ3v) is 4.98. The molecule has 0 radical (unpaired) electrons. The quantitative estimate of drug-likeness (QED) is 0.656. The van der Waals surface area contributed by atoms with Gasteiger partial charge in [0.05, 0.1) is 6.42 Å². The highest BCUT2D eigenvalue weighted by Gasteiger charge is 2.32. The van der Waals surface area contributed by atoms with Gasteiger partial charge in [-0.25, -0.2) is 12.8 Å². The number of hydrogen-bond donors (Lipinski definition) is 1. The van der Waals surface area contributed by atoms with Crippen molar-refractivity contribution in [2.45, 2.75) is 13.3 Å². The first-order valence-corrected chi connectivity index (χ1v) is 8.19. The van der Waals surface area contributed by atoms with Crippen LogP contribution in [-0.2, 0) is 22.1 Å². The average Bonchev–Trinajstić information content (AvgIpc) is 3.00. The Morgan fingerprint density at radius 2 is 1.82 bits per heavy atom. The van der Waals surface area contributed by atoms with Crippen molar-refractivity contribution in [2.24, 2.45) is 0 Å². The van der Waals surface area contributed by atoms with E-state index in [9.17, 15) is 17.6 Å². The Morgan fingerprint density at radius 3 is 2.36 bits per heavy atom. The zero-order chi connectivity index (χ0) is 15.9. The zero-order valence-corrected chi connectivity index (χ0v) is 13.1. The molecule has 0 aliphatic carbocycles. The fraction of sp³-hybridized carbons (Fsp3) is 0.400. The maximum Gasteiger partial charge on any atom is 0.227 e. The first-order valence-electron chi connectivity index (χ1n) is 7.06. The lowest BCUT2D eigenvalue weighted by atomic mass is 10.1. The molecule has 3 rings (SSSR count). The van der Waals surface area contributed by atoms with Crippen LogP contribution in [0.5, 0.6) is 0 Å². The smallest absolute Gasteiger partial charge is 0.227 e. The maximum atomic E-state index is 13.1. The van der Waals surface area contributed by atoms with Crippen molar-refractivity contribution in [1.82, 2.24) is 9.21 Å². The zero-order valence-electron chi connectivity index (χ0n) is 12.2. The van der Waals surface area contributed by atoms with E-state index in [1.54, 1.807) is 17.9 Å². The van der Waals surface area contributed by atoms with Crippen LogP contribution in [0.1, 0.15) is 11.1 Å². The molecule has 1 aromatic rings. The van der Waals surface area contributed by atoms with Gasteiger partial charge in [0.2, 0.25) is 16.8 Å². The molecule has 0 unspecified atom stereocenters. The number of nitrogens with zero attached hydrogens (tertiary/aromatic N) is 2. The molecule has 0 saturated heterocycles. The van der Waals surface area contributed by atoms with Gasteiger partial charge >= 0.3 is 0 Å². The molecular weight excluding hydrogens is 307 g/mol. The molecule has 118 valence electrons. The monoisotopic (exact) mass is 324 g/mol. The Morgan fingerprint density at radius 1 is 1.18 bits per heavy atom. The topological polar surface area (TPSA) is 57.7 Å². The van der Waals surface area contributed by atoms with Gasteiger partial charge in [-0.15, -0.1) is 0 Å². The van der Waals surface area contributed by atoms with Crippen molar-refractivity contribution in [3.05, 3.63) is 46.3 Å². The van der Waals surface area contributed by atoms with Crippen molar-refractivity contribution >= 4 is 16.8 Å². The Labute approximate surface area is 130 Å². The van der Waals surface area contributed by atoms with E-state index in [0.717, 1.165) is 22.3 Å². The molecule has 1 aromatic carbocycles. The molecule has 1 amide bonds. The molecule has 0 aromatic heterocycles. The molecule has 0 saturated carbocycles. The van der Waals surface area contributed by atoms with E-state index in [0.29, 0.717) is 26.2 Å². The van der Waals surface area contributed by atoms with E-state index < -0.39 is 10.9 Å². The number of halogens is 1. The van der Waals surface area contributed by atoms with Gasteiger partial charge in [0.15, 0.2) is 0 Å². The predicted octanol–water partition coefficient (Wildman–Crippen LogP) is 0.657. The number of hydrogen-bond acceptors (Lipinski definition) is 3. The molecule has 0 N–H and O–H groups in total. The van der Waals surface area contributed by atoms with Gasteiger partial charge in [0.25, 0.3) is 0 Å². The molecule has 2 aliphatic heterocycles. The fourth-order valence-corrected chi connectivity index (χ4v) is 3.56. The van der Waals surface area contributed by atoms with Gasteiger partial charge in [0.1, 0.15) is 5.82 Å². The maximum absolute atomic E-state index is 13.1. The van der Waals surface area contributed by atoms with Crippen LogP contribution < -0.4 is 0 Å². The summed E-state index contributed by atoms with van der Waals surface area (Å²) < 4.78 is 36.4. The molecular formula is C15H17FN2O3S. The average molecular weight is 324 g/mol. The minimum Gasteiger partial charge on any atom is -0.334 e. The third kappa shape index (κ3) is 2.91. The van der Waals surface area contributed by atoms with Gasteiger partial charge in [-0.2, -0.15) is 4.31 Å². The lowest BCUT2D eigenvalue weighted by molar-refractivity contribution is -0.129. The van der Waals surface area contributed by atoms with E-state index in [-0.39, 0.29) is 18.1 Å². The number of aryl methyl sites for hydroxylation is 1. The number of carbonyl (C=O) groups is 1. The van der Waals surface area contributed by atoms with E-state index in [4.69, 9.17) is 0 Å². The standard InChI is InChI=1S/C15H17FN2O3S/c1-10-4-14(16)3-2-11(10)5-15(19)17-6-12-8-18(22(20)21)9-13(12)7-17/h2-4,22H,5-9H2,1H3. The number of benzene rings is 1. The second-order valence-electron chi connectivity index (χ2n) is 5.77. The molecule has 0 spiro atoms. The summed E-state index contributed by atoms with van der Waals surface area (Å²) in [5, 5.41) is 0. The molecule has 0 atom stereocenters. The summed E-state index contributed by atoms with van der Waals surface area (Å²) in [6.07, 6.45) is 0.242. The lowest BCUT2D eigenvalue weighted by Crippen LogP contribution is -2.34. The van der Waals surface area contributed by atoms with Crippen LogP contribution in [-0.4, -0.2) is 49.7 Å². The molecule has 0 bridgehead atoms. The normalized spacial score (nSPS) is 18.4. The largest absolute Gasteiger partial charge is 0.334 e. The highest BCUT2D eigenvalue weighted by molar-refractivity contribution is 7.69. The SMILES string of the molecule is Cc1cc(F)ccc1CC(=O)N1CC2=C(C1)CN([SH](=O)=O)C2. The summed E-state index contributed by atoms with van der Waals surface area (Å²) in [4.78, 5) is 14.1. The Bertz CT molecular complexity index is 716. The summed E-state index contributed by atoms with van der Waals surface area (Å²) in [5.74, 6) is -0.315. The number of amides is 1. The highest BCUT2D eigenvalue weighted by atomic mass is 32.2. The predicted molar refractivity (Wildman–Crippen MR) is 80.3 cm³/mol. The summed E-state index contributed by atoms with van der Waals surface area (Å²) in [6.45, 7) is 3.57. The van der Waals surface area contributed by atoms with Crippen LogP contribution in [0, 0.1) is 12.7 Å². The molecule has 0 fully saturated rings. The van der Waals surface area contributed by atoms with Crippen molar-refractivity contribution in [2.75, 3.05) is 26.2 Å². The van der Waals surface area contributed by atoms with Crippen LogP contribution in [0.15, 0.2) is 29.3 Å². The van der Waals surface area contributed by atoms with Gasteiger partial charge in [0, 0.05) is 26.2 Å². The molecule has 7 heteroatoms. The van der Waals surface area contributed by atoms with Crippen molar-refractivity contribution in [1.29, 1.82) is 0 Å². The second kappa shape index (κ2) is 5.81. The number of rotatable bonds is 3. The summed E-state index contributed by atoms with van der Waals surface area (Å²) in [6, 6.07) is 4.43. The van der Waals surface area contributed by atoms with Crippen LogP contribution >= 0.6 is 0 Å². The summed E-state index contributed by atoms with van der Waals surface area (Å²) >= 11 is 0. The van der Waals surface area contributed by atoms with Crippen molar-refractivity contribution in [3.8, 4) is 0 Å². The van der Waals surface area contributed by atoms with Crippen LogP contribution in [0.3, 0.4) is 0 Å². The van der Waals surface area contributed by atoms with Gasteiger partial charge in [-0.1, -0.05) is 6.07 Å². The van der Waals surface area contributed by atoms with E-state index in [1.165, 1.54) is 16.4 Å². The van der Waals surface area contributed by atoms with Gasteiger partial charge < -0.3 is 4.90 Å². The van der Waals surface area contributed by atoms with E-state index >= 15 is 0 Å². The molecule has 22 heavy (non-hydrogen) atoms. The van der Waals surface area contributed by atoms with E-state index in [1.807, 2.05) is 0 Å². The second-order valence-corrected chi connectivity index (χ2v) is 6.81. The van der Waals surface area contributed by atoms with E-state index in [2.05, 4.69) is 0 Å². The minimum absolute atomic E-state index is 0.0119. The molecule has 2 heterocycles. The summed E-state index contributed by atoms with van der Waals surface area (Å²) in [5.41, 5.74) is 3.65. The first kappa shape index (κ1) is 15.2. The van der Waals surface area contributed by atoms with Gasteiger partial charge in [-0.05, 0) is 41.3 Å². The third-order valence-electron chi connectivity index (χ3n) is 4.24. The molecule has 5 nitrogen and oxygen atoms in total. The summed E-state index contributed by atoms with van der Waals surface area (Å²) in [7, 11) is -2.55. The Balaban J connectivity index is 1.62. The van der Waals surface area contributed by atoms with Crippen LogP contribution in [0.4, 0.5) is 4.39 Å². The highest BCUT2D eigenvalue weighted by Crippen LogP contribution is 2.26. The van der Waals surface area contributed by atoms with Crippen LogP contribution in [0.2, 0.25) is 0 Å². The Hall–Kier alpha value is -1.73. The van der Waals surface area contributed by atoms with Crippen molar-refractivity contribution in [3.63, 3.8) is 0 Å². The van der Waals surface area contributed by atoms with Crippen LogP contribution in [0.25, 0.3) is 0 Å². The minimum atomic E-state index is -2.55. The first-order chi connectivity index (χ1) is 10.4. The number of thiol groups is 1.